The van der Waals surface area contributed by atoms with E-state index in [0.29, 0.717) is 36.9 Å². The van der Waals surface area contributed by atoms with Crippen LogP contribution in [-0.4, -0.2) is 40.9 Å². The quantitative estimate of drug-likeness (QED) is 0.812. The Balaban J connectivity index is 1.54. The van der Waals surface area contributed by atoms with Crippen molar-refractivity contribution < 1.29 is 14.6 Å². The number of benzene rings is 1. The lowest BCUT2D eigenvalue weighted by molar-refractivity contribution is -0.184. The minimum absolute atomic E-state index is 0.100. The molecule has 2 N–H and O–H groups in total. The Morgan fingerprint density at radius 1 is 1.35 bits per heavy atom. The van der Waals surface area contributed by atoms with Crippen LogP contribution in [-0.2, 0) is 11.3 Å². The number of aromatic nitrogens is 1. The number of hydrogen-bond donors (Lipinski definition) is 2. The second-order valence-corrected chi connectivity index (χ2v) is 8.12. The van der Waals surface area contributed by atoms with Crippen molar-refractivity contribution in [1.82, 2.24) is 9.88 Å². The molecule has 2 aromatic rings. The van der Waals surface area contributed by atoms with Crippen molar-refractivity contribution in [3.8, 4) is 0 Å². The molecule has 26 heavy (non-hydrogen) atoms. The number of nitrogens with zero attached hydrogens (tertiary/aromatic N) is 1. The maximum absolute atomic E-state index is 12.8. The number of carbonyl (C=O) groups excluding carboxylic acids is 1. The summed E-state index contributed by atoms with van der Waals surface area (Å²) in [6, 6.07) is 5.59. The molecule has 2 aliphatic rings. The average Bonchev–Trinajstić information content (AvgIpc) is 3.22. The van der Waals surface area contributed by atoms with Crippen molar-refractivity contribution in [1.29, 1.82) is 0 Å². The van der Waals surface area contributed by atoms with Gasteiger partial charge >= 0.3 is 0 Å². The number of ether oxygens (including phenoxy) is 1. The number of aliphatic hydroxyl groups is 1. The van der Waals surface area contributed by atoms with E-state index in [4.69, 9.17) is 16.3 Å². The third-order valence-electron chi connectivity index (χ3n) is 5.62. The first kappa shape index (κ1) is 17.8. The summed E-state index contributed by atoms with van der Waals surface area (Å²) in [6.45, 7) is 1.71. The molecule has 4 rings (SSSR count). The van der Waals surface area contributed by atoms with E-state index in [0.717, 1.165) is 23.2 Å². The highest BCUT2D eigenvalue weighted by Gasteiger charge is 2.37. The van der Waals surface area contributed by atoms with Crippen molar-refractivity contribution >= 4 is 28.4 Å². The van der Waals surface area contributed by atoms with E-state index in [1.54, 1.807) is 12.3 Å². The van der Waals surface area contributed by atoms with E-state index in [1.165, 1.54) is 25.7 Å². The first-order valence-electron chi connectivity index (χ1n) is 9.41. The molecule has 140 valence electrons. The molecule has 0 unspecified atom stereocenters. The van der Waals surface area contributed by atoms with Crippen LogP contribution in [0.5, 0.6) is 0 Å². The Hall–Kier alpha value is -1.56. The highest BCUT2D eigenvalue weighted by Crippen LogP contribution is 2.31. The van der Waals surface area contributed by atoms with Crippen LogP contribution < -0.4 is 5.32 Å². The van der Waals surface area contributed by atoms with Gasteiger partial charge in [-0.2, -0.15) is 0 Å². The maximum atomic E-state index is 12.8. The van der Waals surface area contributed by atoms with Crippen LogP contribution in [0.25, 0.3) is 10.9 Å². The lowest BCUT2D eigenvalue weighted by Gasteiger charge is -2.36. The van der Waals surface area contributed by atoms with Gasteiger partial charge in [0.1, 0.15) is 5.60 Å². The van der Waals surface area contributed by atoms with Crippen LogP contribution in [0.3, 0.4) is 0 Å². The van der Waals surface area contributed by atoms with Crippen molar-refractivity contribution in [3.05, 3.63) is 35.0 Å². The molecule has 1 aromatic heterocycles. The number of carbonyl (C=O) groups is 1. The van der Waals surface area contributed by atoms with Gasteiger partial charge in [-0.15, -0.1) is 0 Å². The van der Waals surface area contributed by atoms with Gasteiger partial charge in [0.15, 0.2) is 0 Å². The smallest absolute Gasteiger partial charge is 0.253 e. The zero-order chi connectivity index (χ0) is 18.1. The summed E-state index contributed by atoms with van der Waals surface area (Å²) in [5.41, 5.74) is 0.560. The van der Waals surface area contributed by atoms with Crippen LogP contribution in [0.15, 0.2) is 24.4 Å². The zero-order valence-electron chi connectivity index (χ0n) is 14.8. The Bertz CT molecular complexity index is 807. The van der Waals surface area contributed by atoms with Gasteiger partial charge in [0.05, 0.1) is 35.9 Å². The molecular formula is C20H25ClN2O3. The molecule has 1 aromatic carbocycles. The summed E-state index contributed by atoms with van der Waals surface area (Å²) in [5.74, 6) is 0.643. The topological polar surface area (TPSA) is 63.5 Å². The number of halogens is 1. The Morgan fingerprint density at radius 3 is 2.81 bits per heavy atom. The minimum atomic E-state index is -0.871. The number of hydrogen-bond acceptors (Lipinski definition) is 3. The van der Waals surface area contributed by atoms with Gasteiger partial charge in [-0.3, -0.25) is 4.79 Å². The standard InChI is InChI=1S/C20H25ClN2O3/c21-16-6-3-7-17-18(16)15(10-23(17)11-20(25)12-26-13-20)19(24)22-9-8-14-4-1-2-5-14/h3,6-7,10,14,25H,1-2,4-5,8-9,11-13H2,(H,22,24). The molecule has 5 nitrogen and oxygen atoms in total. The van der Waals surface area contributed by atoms with Crippen LogP contribution in [0.1, 0.15) is 42.5 Å². The second kappa shape index (κ2) is 7.22. The van der Waals surface area contributed by atoms with Gasteiger partial charge in [-0.05, 0) is 24.5 Å². The van der Waals surface area contributed by atoms with Gasteiger partial charge in [-0.25, -0.2) is 0 Å². The normalized spacial score (nSPS) is 19.6. The summed E-state index contributed by atoms with van der Waals surface area (Å²) in [6.07, 6.45) is 8.03. The summed E-state index contributed by atoms with van der Waals surface area (Å²) >= 11 is 6.40. The van der Waals surface area contributed by atoms with Gasteiger partial charge in [0, 0.05) is 18.1 Å². The van der Waals surface area contributed by atoms with Crippen molar-refractivity contribution in [2.24, 2.45) is 5.92 Å². The van der Waals surface area contributed by atoms with Crippen molar-refractivity contribution in [2.75, 3.05) is 19.8 Å². The highest BCUT2D eigenvalue weighted by atomic mass is 35.5. The average molecular weight is 377 g/mol. The fraction of sp³-hybridized carbons (Fsp3) is 0.550. The van der Waals surface area contributed by atoms with Crippen molar-refractivity contribution in [2.45, 2.75) is 44.2 Å². The summed E-state index contributed by atoms with van der Waals surface area (Å²) in [7, 11) is 0. The lowest BCUT2D eigenvalue weighted by Crippen LogP contribution is -2.52. The third kappa shape index (κ3) is 3.48. The van der Waals surface area contributed by atoms with Crippen LogP contribution in [0, 0.1) is 5.92 Å². The summed E-state index contributed by atoms with van der Waals surface area (Å²) in [4.78, 5) is 12.8. The van der Waals surface area contributed by atoms with Gasteiger partial charge in [0.2, 0.25) is 0 Å². The number of amides is 1. The molecule has 6 heteroatoms. The second-order valence-electron chi connectivity index (χ2n) is 7.72. The number of nitrogens with one attached hydrogen (secondary N) is 1. The van der Waals surface area contributed by atoms with E-state index in [-0.39, 0.29) is 5.91 Å². The van der Waals surface area contributed by atoms with E-state index in [1.807, 2.05) is 16.7 Å². The molecular weight excluding hydrogens is 352 g/mol. The Morgan fingerprint density at radius 2 is 2.12 bits per heavy atom. The lowest BCUT2D eigenvalue weighted by atomic mass is 10.0. The first-order valence-corrected chi connectivity index (χ1v) is 9.79. The van der Waals surface area contributed by atoms with Crippen LogP contribution in [0.4, 0.5) is 0 Å². The zero-order valence-corrected chi connectivity index (χ0v) is 15.6. The van der Waals surface area contributed by atoms with Gasteiger partial charge in [-0.1, -0.05) is 43.4 Å². The van der Waals surface area contributed by atoms with E-state index >= 15 is 0 Å². The predicted molar refractivity (Wildman–Crippen MR) is 102 cm³/mol. The summed E-state index contributed by atoms with van der Waals surface area (Å²) < 4.78 is 7.05. The number of fused-ring (bicyclic) bond motifs is 1. The molecule has 1 amide bonds. The summed E-state index contributed by atoms with van der Waals surface area (Å²) in [5, 5.41) is 14.8. The molecule has 2 heterocycles. The monoisotopic (exact) mass is 376 g/mol. The predicted octanol–water partition coefficient (Wildman–Crippen LogP) is 3.37. The fourth-order valence-corrected chi connectivity index (χ4v) is 4.41. The highest BCUT2D eigenvalue weighted by molar-refractivity contribution is 6.36. The minimum Gasteiger partial charge on any atom is -0.383 e. The Labute approximate surface area is 158 Å². The fourth-order valence-electron chi connectivity index (χ4n) is 4.14. The molecule has 0 radical (unpaired) electrons. The molecule has 1 aliphatic carbocycles. The van der Waals surface area contributed by atoms with Crippen molar-refractivity contribution in [3.63, 3.8) is 0 Å². The molecule has 0 atom stereocenters. The molecule has 2 fully saturated rings. The third-order valence-corrected chi connectivity index (χ3v) is 5.93. The van der Waals surface area contributed by atoms with E-state index in [2.05, 4.69) is 5.32 Å². The molecule has 1 saturated carbocycles. The van der Waals surface area contributed by atoms with Crippen LogP contribution in [0.2, 0.25) is 5.02 Å². The molecule has 1 aliphatic heterocycles. The van der Waals surface area contributed by atoms with E-state index < -0.39 is 5.60 Å². The maximum Gasteiger partial charge on any atom is 0.253 e. The van der Waals surface area contributed by atoms with Gasteiger partial charge in [0.25, 0.3) is 5.91 Å². The van der Waals surface area contributed by atoms with Crippen LogP contribution >= 0.6 is 11.6 Å². The Kier molecular flexibility index (Phi) is 4.95. The SMILES string of the molecule is O=C(NCCC1CCCC1)c1cn(CC2(O)COC2)c2cccc(Cl)c12. The van der Waals surface area contributed by atoms with E-state index in [9.17, 15) is 9.90 Å². The number of rotatable bonds is 6. The molecule has 1 saturated heterocycles. The van der Waals surface area contributed by atoms with Gasteiger partial charge < -0.3 is 19.7 Å². The molecule has 0 bridgehead atoms. The largest absolute Gasteiger partial charge is 0.383 e. The molecule has 0 spiro atoms. The first-order chi connectivity index (χ1) is 12.6.